The van der Waals surface area contributed by atoms with E-state index in [1.54, 1.807) is 29.2 Å². The molecule has 1 saturated heterocycles. The van der Waals surface area contributed by atoms with Crippen LogP contribution in [-0.2, 0) is 19.1 Å². The number of para-hydroxylation sites is 2. The van der Waals surface area contributed by atoms with E-state index in [1.807, 2.05) is 28.8 Å². The molecule has 2 aliphatic rings. The number of fused-ring (bicyclic) bond motifs is 3. The van der Waals surface area contributed by atoms with Crippen molar-refractivity contribution in [2.75, 3.05) is 28.7 Å². The highest BCUT2D eigenvalue weighted by Crippen LogP contribution is 2.37. The molecule has 0 bridgehead atoms. The summed E-state index contributed by atoms with van der Waals surface area (Å²) in [5, 5.41) is 5.54. The highest BCUT2D eigenvalue weighted by molar-refractivity contribution is 6.05. The summed E-state index contributed by atoms with van der Waals surface area (Å²) in [6.07, 6.45) is 1.86. The fourth-order valence-electron chi connectivity index (χ4n) is 4.49. The van der Waals surface area contributed by atoms with Crippen molar-refractivity contribution in [1.29, 1.82) is 0 Å². The number of rotatable bonds is 6. The molecule has 3 heterocycles. The Bertz CT molecular complexity index is 1210. The summed E-state index contributed by atoms with van der Waals surface area (Å²) in [5.41, 5.74) is 2.85. The Morgan fingerprint density at radius 2 is 1.82 bits per heavy atom. The summed E-state index contributed by atoms with van der Waals surface area (Å²) in [4.78, 5) is 43.8. The third-order valence-corrected chi connectivity index (χ3v) is 5.96. The second-order valence-electron chi connectivity index (χ2n) is 8.38. The Hall–Kier alpha value is -3.72. The first kappa shape index (κ1) is 21.1. The Kier molecular flexibility index (Phi) is 5.55. The lowest BCUT2D eigenvalue weighted by Gasteiger charge is -2.19. The molecule has 2 aliphatic heterocycles. The second-order valence-corrected chi connectivity index (χ2v) is 8.38. The maximum absolute atomic E-state index is 13.4. The van der Waals surface area contributed by atoms with E-state index >= 15 is 0 Å². The molecule has 0 saturated carbocycles. The minimum absolute atomic E-state index is 0.0122. The van der Waals surface area contributed by atoms with Crippen LogP contribution in [0.5, 0.6) is 0 Å². The summed E-state index contributed by atoms with van der Waals surface area (Å²) >= 11 is 0. The molecule has 9 heteroatoms. The molecule has 2 N–H and O–H groups in total. The number of hydrogen-bond donors (Lipinski definition) is 2. The van der Waals surface area contributed by atoms with Crippen molar-refractivity contribution in [2.24, 2.45) is 0 Å². The van der Waals surface area contributed by atoms with Gasteiger partial charge in [-0.15, -0.1) is 0 Å². The number of ether oxygens (including phenoxy) is 1. The van der Waals surface area contributed by atoms with Gasteiger partial charge < -0.3 is 15.4 Å². The number of nitrogens with one attached hydrogen (secondary N) is 2. The van der Waals surface area contributed by atoms with Crippen molar-refractivity contribution in [1.82, 2.24) is 9.55 Å². The number of carbonyl (C=O) groups is 3. The summed E-state index contributed by atoms with van der Waals surface area (Å²) < 4.78 is 7.61. The lowest BCUT2D eigenvalue weighted by molar-refractivity contribution is -0.124. The zero-order valence-electron chi connectivity index (χ0n) is 18.3. The van der Waals surface area contributed by atoms with Crippen LogP contribution < -0.4 is 15.5 Å². The third-order valence-electron chi connectivity index (χ3n) is 5.96. The molecule has 2 atom stereocenters. The van der Waals surface area contributed by atoms with Crippen LogP contribution in [0.3, 0.4) is 0 Å². The van der Waals surface area contributed by atoms with E-state index in [0.29, 0.717) is 30.5 Å². The van der Waals surface area contributed by atoms with E-state index < -0.39 is 6.04 Å². The smallest absolute Gasteiger partial charge is 0.253 e. The number of hydrogen-bond acceptors (Lipinski definition) is 5. The van der Waals surface area contributed by atoms with Gasteiger partial charge in [-0.3, -0.25) is 23.9 Å². The van der Waals surface area contributed by atoms with E-state index in [4.69, 9.17) is 4.74 Å². The Balaban J connectivity index is 1.36. The first-order valence-electron chi connectivity index (χ1n) is 11.1. The average molecular weight is 447 g/mol. The monoisotopic (exact) mass is 447 g/mol. The van der Waals surface area contributed by atoms with Crippen LogP contribution in [0, 0.1) is 0 Å². The molecule has 0 spiro atoms. The number of imidazole rings is 1. The zero-order chi connectivity index (χ0) is 22.9. The van der Waals surface area contributed by atoms with Gasteiger partial charge in [0.2, 0.25) is 17.8 Å². The van der Waals surface area contributed by atoms with Gasteiger partial charge in [-0.05, 0) is 49.2 Å². The molecule has 33 heavy (non-hydrogen) atoms. The van der Waals surface area contributed by atoms with E-state index in [-0.39, 0.29) is 30.2 Å². The van der Waals surface area contributed by atoms with Gasteiger partial charge in [0, 0.05) is 24.9 Å². The molecule has 1 fully saturated rings. The van der Waals surface area contributed by atoms with E-state index in [9.17, 15) is 14.4 Å². The summed E-state index contributed by atoms with van der Waals surface area (Å²) in [6, 6.07) is 13.8. The fraction of sp³-hybridized carbons (Fsp3) is 0.333. The molecule has 0 aliphatic carbocycles. The number of nitrogens with zero attached hydrogens (tertiary/aromatic N) is 3. The Labute approximate surface area is 190 Å². The maximum Gasteiger partial charge on any atom is 0.253 e. The lowest BCUT2D eigenvalue weighted by atomic mass is 10.1. The molecule has 3 aromatic rings. The average Bonchev–Trinajstić information content (AvgIpc) is 3.49. The van der Waals surface area contributed by atoms with Crippen molar-refractivity contribution >= 4 is 46.1 Å². The molecule has 0 unspecified atom stereocenters. The van der Waals surface area contributed by atoms with Crippen molar-refractivity contribution < 1.29 is 19.1 Å². The highest BCUT2D eigenvalue weighted by atomic mass is 16.5. The second kappa shape index (κ2) is 8.67. The number of anilines is 3. The van der Waals surface area contributed by atoms with Crippen LogP contribution in [0.25, 0.3) is 11.0 Å². The molecule has 5 rings (SSSR count). The van der Waals surface area contributed by atoms with Gasteiger partial charge in [0.05, 0.1) is 30.1 Å². The summed E-state index contributed by atoms with van der Waals surface area (Å²) in [5.74, 6) is -0.0187. The summed E-state index contributed by atoms with van der Waals surface area (Å²) in [6.45, 7) is 2.57. The van der Waals surface area contributed by atoms with Crippen LogP contribution in [0.15, 0.2) is 48.5 Å². The predicted octanol–water partition coefficient (Wildman–Crippen LogP) is 3.09. The van der Waals surface area contributed by atoms with Crippen molar-refractivity contribution in [3.63, 3.8) is 0 Å². The van der Waals surface area contributed by atoms with Crippen molar-refractivity contribution in [3.05, 3.63) is 48.5 Å². The first-order chi connectivity index (χ1) is 16.0. The predicted molar refractivity (Wildman–Crippen MR) is 124 cm³/mol. The van der Waals surface area contributed by atoms with Crippen LogP contribution in [0.1, 0.15) is 32.2 Å². The normalized spacial score (nSPS) is 19.7. The number of benzene rings is 2. The van der Waals surface area contributed by atoms with Crippen molar-refractivity contribution in [2.45, 2.75) is 38.3 Å². The highest BCUT2D eigenvalue weighted by Gasteiger charge is 2.42. The standard InChI is InChI=1S/C24H25N5O4/c1-15(30)25-16-8-10-17(11-9-16)26-22(31)13-21-23(32)28(14-18-5-4-12-33-18)24-27-19-6-2-3-7-20(19)29(21)24/h2-3,6-11,18,21H,4-5,12-14H2,1H3,(H,25,30)(H,26,31)/t18-,21-/m1/s1. The van der Waals surface area contributed by atoms with E-state index in [1.165, 1.54) is 6.92 Å². The van der Waals surface area contributed by atoms with Crippen LogP contribution >= 0.6 is 0 Å². The minimum Gasteiger partial charge on any atom is -0.376 e. The largest absolute Gasteiger partial charge is 0.376 e. The molecule has 2 aromatic carbocycles. The van der Waals surface area contributed by atoms with Gasteiger partial charge >= 0.3 is 0 Å². The molecule has 170 valence electrons. The van der Waals surface area contributed by atoms with E-state index in [0.717, 1.165) is 23.9 Å². The molecule has 0 radical (unpaired) electrons. The topological polar surface area (TPSA) is 106 Å². The van der Waals surface area contributed by atoms with Gasteiger partial charge in [0.15, 0.2) is 0 Å². The van der Waals surface area contributed by atoms with Crippen molar-refractivity contribution in [3.8, 4) is 0 Å². The quantitative estimate of drug-likeness (QED) is 0.604. The number of carbonyl (C=O) groups excluding carboxylic acids is 3. The van der Waals surface area contributed by atoms with Gasteiger partial charge in [0.25, 0.3) is 5.91 Å². The zero-order valence-corrected chi connectivity index (χ0v) is 18.3. The molecule has 1 aromatic heterocycles. The molecule has 9 nitrogen and oxygen atoms in total. The summed E-state index contributed by atoms with van der Waals surface area (Å²) in [7, 11) is 0. The SMILES string of the molecule is CC(=O)Nc1ccc(NC(=O)C[C@@H]2C(=O)N(C[C@H]3CCCO3)c3nc4ccccc4n32)cc1. The lowest BCUT2D eigenvalue weighted by Crippen LogP contribution is -2.37. The minimum atomic E-state index is -0.674. The third kappa shape index (κ3) is 4.19. The Morgan fingerprint density at radius 3 is 2.52 bits per heavy atom. The fourth-order valence-corrected chi connectivity index (χ4v) is 4.49. The van der Waals surface area contributed by atoms with E-state index in [2.05, 4.69) is 15.6 Å². The first-order valence-corrected chi connectivity index (χ1v) is 11.1. The van der Waals surface area contributed by atoms with Gasteiger partial charge in [-0.1, -0.05) is 12.1 Å². The van der Waals surface area contributed by atoms with Gasteiger partial charge in [-0.2, -0.15) is 0 Å². The Morgan fingerprint density at radius 1 is 1.09 bits per heavy atom. The van der Waals surface area contributed by atoms with Crippen LogP contribution in [-0.4, -0.2) is 46.5 Å². The van der Waals surface area contributed by atoms with Crippen LogP contribution in [0.4, 0.5) is 17.3 Å². The molecular formula is C24H25N5O4. The number of aromatic nitrogens is 2. The molecular weight excluding hydrogens is 422 g/mol. The van der Waals surface area contributed by atoms with Gasteiger partial charge in [0.1, 0.15) is 6.04 Å². The van der Waals surface area contributed by atoms with Crippen LogP contribution in [0.2, 0.25) is 0 Å². The van der Waals surface area contributed by atoms with Gasteiger partial charge in [-0.25, -0.2) is 4.98 Å². The maximum atomic E-state index is 13.4. The number of amides is 3. The molecule has 3 amide bonds.